The Kier molecular flexibility index (Phi) is 5.16. The standard InChI is InChI=1S/C24H17Cl2N7O2/c25-15-4-6-19(32-12-27-30-31-32)18(11-15)14-8-16-5-7-20(33(16)21(35)10-14)24-28-22(23(26)29-24)13-2-1-3-17(34)9-13/h1-4,6,8-12,20,34H,5,7H2,(H,28,29)/t20-/m0/s1. The van der Waals surface area contributed by atoms with Gasteiger partial charge in [0, 0.05) is 27.9 Å². The number of hydrogen-bond donors (Lipinski definition) is 2. The van der Waals surface area contributed by atoms with Gasteiger partial charge in [-0.05, 0) is 65.2 Å². The summed E-state index contributed by atoms with van der Waals surface area (Å²) in [5, 5.41) is 22.1. The number of nitrogens with one attached hydrogen (secondary N) is 1. The SMILES string of the molecule is O=c1cc(-c2cc(Cl)ccc2-n2cnnn2)cc2n1[C@H](c1nc(-c3cccc(O)c3)c(Cl)[nH]1)CC2. The van der Waals surface area contributed by atoms with Crippen LogP contribution in [0.3, 0.4) is 0 Å². The van der Waals surface area contributed by atoms with Gasteiger partial charge in [-0.2, -0.15) is 4.68 Å². The summed E-state index contributed by atoms with van der Waals surface area (Å²) < 4.78 is 3.28. The minimum atomic E-state index is -0.284. The summed E-state index contributed by atoms with van der Waals surface area (Å²) in [5.74, 6) is 0.721. The Morgan fingerprint density at radius 1 is 1.06 bits per heavy atom. The summed E-state index contributed by atoms with van der Waals surface area (Å²) in [4.78, 5) is 21.2. The van der Waals surface area contributed by atoms with Crippen molar-refractivity contribution < 1.29 is 5.11 Å². The van der Waals surface area contributed by atoms with Crippen LogP contribution < -0.4 is 5.56 Å². The molecule has 0 saturated heterocycles. The lowest BCUT2D eigenvalue weighted by Gasteiger charge is -2.15. The minimum Gasteiger partial charge on any atom is -0.508 e. The van der Waals surface area contributed by atoms with Gasteiger partial charge >= 0.3 is 0 Å². The monoisotopic (exact) mass is 505 g/mol. The van der Waals surface area contributed by atoms with E-state index in [2.05, 4.69) is 25.5 Å². The molecule has 2 N–H and O–H groups in total. The van der Waals surface area contributed by atoms with Crippen molar-refractivity contribution in [2.24, 2.45) is 0 Å². The van der Waals surface area contributed by atoms with Crippen molar-refractivity contribution in [2.45, 2.75) is 18.9 Å². The summed E-state index contributed by atoms with van der Waals surface area (Å²) >= 11 is 12.7. The summed E-state index contributed by atoms with van der Waals surface area (Å²) in [5.41, 5.74) is 4.14. The normalized spacial score (nSPS) is 14.9. The van der Waals surface area contributed by atoms with Gasteiger partial charge in [0.1, 0.15) is 28.7 Å². The van der Waals surface area contributed by atoms with Crippen LogP contribution in [0.15, 0.2) is 65.7 Å². The van der Waals surface area contributed by atoms with Crippen LogP contribution in [0.5, 0.6) is 5.75 Å². The van der Waals surface area contributed by atoms with Crippen molar-refractivity contribution in [3.05, 3.63) is 93.0 Å². The van der Waals surface area contributed by atoms with Crippen LogP contribution in [0.4, 0.5) is 0 Å². The molecule has 0 unspecified atom stereocenters. The third-order valence-electron chi connectivity index (χ3n) is 6.11. The number of aromatic hydroxyl groups is 1. The lowest BCUT2D eigenvalue weighted by Crippen LogP contribution is -2.24. The molecule has 1 atom stereocenters. The van der Waals surface area contributed by atoms with Gasteiger partial charge in [-0.1, -0.05) is 35.3 Å². The number of phenolic OH excluding ortho intramolecular Hbond substituents is 1. The Bertz CT molecular complexity index is 1630. The Morgan fingerprint density at radius 2 is 1.94 bits per heavy atom. The Morgan fingerprint density at radius 3 is 2.74 bits per heavy atom. The number of imidazole rings is 1. The molecule has 5 aromatic rings. The Labute approximate surface area is 208 Å². The number of fused-ring (bicyclic) bond motifs is 1. The van der Waals surface area contributed by atoms with E-state index in [1.165, 1.54) is 11.0 Å². The van der Waals surface area contributed by atoms with E-state index in [4.69, 9.17) is 23.2 Å². The molecule has 35 heavy (non-hydrogen) atoms. The van der Waals surface area contributed by atoms with E-state index in [9.17, 15) is 9.90 Å². The zero-order valence-corrected chi connectivity index (χ0v) is 19.6. The van der Waals surface area contributed by atoms with E-state index < -0.39 is 0 Å². The van der Waals surface area contributed by atoms with Crippen molar-refractivity contribution in [3.8, 4) is 33.8 Å². The minimum absolute atomic E-state index is 0.125. The van der Waals surface area contributed by atoms with Crippen molar-refractivity contribution in [2.75, 3.05) is 0 Å². The number of nitrogens with zero attached hydrogens (tertiary/aromatic N) is 6. The molecule has 6 rings (SSSR count). The molecule has 174 valence electrons. The molecule has 0 bridgehead atoms. The fourth-order valence-corrected chi connectivity index (χ4v) is 5.01. The molecule has 1 aliphatic rings. The highest BCUT2D eigenvalue weighted by Gasteiger charge is 2.29. The van der Waals surface area contributed by atoms with Gasteiger partial charge in [0.15, 0.2) is 0 Å². The highest BCUT2D eigenvalue weighted by molar-refractivity contribution is 6.32. The first-order valence-corrected chi connectivity index (χ1v) is 11.6. The van der Waals surface area contributed by atoms with Gasteiger partial charge in [-0.15, -0.1) is 5.10 Å². The van der Waals surface area contributed by atoms with Crippen LogP contribution in [-0.2, 0) is 6.42 Å². The first kappa shape index (κ1) is 21.6. The number of pyridine rings is 1. The number of aromatic amines is 1. The lowest BCUT2D eigenvalue weighted by molar-refractivity contribution is 0.475. The molecule has 0 radical (unpaired) electrons. The highest BCUT2D eigenvalue weighted by atomic mass is 35.5. The van der Waals surface area contributed by atoms with Crippen molar-refractivity contribution in [1.29, 1.82) is 0 Å². The van der Waals surface area contributed by atoms with Gasteiger partial charge in [-0.3, -0.25) is 4.79 Å². The fourth-order valence-electron chi connectivity index (χ4n) is 4.59. The highest BCUT2D eigenvalue weighted by Crippen LogP contribution is 2.36. The second kappa shape index (κ2) is 8.37. The van der Waals surface area contributed by atoms with Crippen LogP contribution >= 0.6 is 23.2 Å². The molecule has 0 saturated carbocycles. The Balaban J connectivity index is 1.41. The van der Waals surface area contributed by atoms with Gasteiger partial charge < -0.3 is 14.7 Å². The molecular weight excluding hydrogens is 489 g/mol. The number of benzene rings is 2. The van der Waals surface area contributed by atoms with Gasteiger partial charge in [0.25, 0.3) is 5.56 Å². The summed E-state index contributed by atoms with van der Waals surface area (Å²) in [6.07, 6.45) is 2.87. The van der Waals surface area contributed by atoms with Crippen LogP contribution in [0.2, 0.25) is 10.2 Å². The third-order valence-corrected chi connectivity index (χ3v) is 6.62. The molecule has 3 aromatic heterocycles. The van der Waals surface area contributed by atoms with Gasteiger partial charge in [0.2, 0.25) is 0 Å². The van der Waals surface area contributed by atoms with E-state index in [0.717, 1.165) is 16.8 Å². The van der Waals surface area contributed by atoms with E-state index in [1.54, 1.807) is 41.0 Å². The predicted molar refractivity (Wildman–Crippen MR) is 131 cm³/mol. The summed E-state index contributed by atoms with van der Waals surface area (Å²) in [7, 11) is 0. The molecule has 0 amide bonds. The van der Waals surface area contributed by atoms with Crippen LogP contribution in [0.1, 0.15) is 24.0 Å². The zero-order chi connectivity index (χ0) is 24.1. The predicted octanol–water partition coefficient (Wildman–Crippen LogP) is 4.43. The van der Waals surface area contributed by atoms with E-state index in [-0.39, 0.29) is 17.4 Å². The smallest absolute Gasteiger partial charge is 0.252 e. The number of phenols is 1. The number of tetrazole rings is 1. The number of hydrogen-bond acceptors (Lipinski definition) is 6. The number of H-pyrrole nitrogens is 1. The van der Waals surface area contributed by atoms with Crippen LogP contribution in [0.25, 0.3) is 28.1 Å². The first-order valence-electron chi connectivity index (χ1n) is 10.8. The number of rotatable bonds is 4. The summed E-state index contributed by atoms with van der Waals surface area (Å²) in [6.45, 7) is 0. The molecule has 9 nitrogen and oxygen atoms in total. The molecule has 4 heterocycles. The van der Waals surface area contributed by atoms with E-state index >= 15 is 0 Å². The van der Waals surface area contributed by atoms with E-state index in [1.807, 2.05) is 18.2 Å². The second-order valence-corrected chi connectivity index (χ2v) is 9.06. The largest absolute Gasteiger partial charge is 0.508 e. The topological polar surface area (TPSA) is 115 Å². The molecular formula is C24H17Cl2N7O2. The second-order valence-electron chi connectivity index (χ2n) is 8.25. The van der Waals surface area contributed by atoms with Crippen LogP contribution in [-0.4, -0.2) is 39.8 Å². The maximum absolute atomic E-state index is 13.4. The Hall–Kier alpha value is -3.95. The number of aromatic nitrogens is 7. The summed E-state index contributed by atoms with van der Waals surface area (Å²) in [6, 6.07) is 15.4. The molecule has 0 spiro atoms. The number of halogens is 2. The first-order chi connectivity index (χ1) is 17.0. The molecule has 0 aliphatic carbocycles. The molecule has 1 aliphatic heterocycles. The quantitative estimate of drug-likeness (QED) is 0.373. The maximum atomic E-state index is 13.4. The average Bonchev–Trinajstić information content (AvgIpc) is 3.59. The average molecular weight is 506 g/mol. The fraction of sp³-hybridized carbons (Fsp3) is 0.125. The van der Waals surface area contributed by atoms with Crippen molar-refractivity contribution in [3.63, 3.8) is 0 Å². The van der Waals surface area contributed by atoms with E-state index in [0.29, 0.717) is 45.8 Å². The molecule has 2 aromatic carbocycles. The lowest BCUT2D eigenvalue weighted by atomic mass is 10.0. The number of aryl methyl sites for hydroxylation is 1. The third kappa shape index (κ3) is 3.78. The molecule has 0 fully saturated rings. The van der Waals surface area contributed by atoms with Crippen molar-refractivity contribution in [1.82, 2.24) is 34.7 Å². The zero-order valence-electron chi connectivity index (χ0n) is 18.1. The van der Waals surface area contributed by atoms with Crippen molar-refractivity contribution >= 4 is 23.2 Å². The van der Waals surface area contributed by atoms with Gasteiger partial charge in [0.05, 0.1) is 11.7 Å². The van der Waals surface area contributed by atoms with Crippen LogP contribution in [0, 0.1) is 0 Å². The molecule has 11 heteroatoms. The van der Waals surface area contributed by atoms with Gasteiger partial charge in [-0.25, -0.2) is 4.98 Å². The maximum Gasteiger partial charge on any atom is 0.252 e.